The standard InChI is InChI=1S/C10H10FNS/c1-12-7-10(13-2)8-3-5-9(11)6-4-8/h3-7H,1H2,2H3/b10-7-. The molecule has 0 aromatic heterocycles. The van der Waals surface area contributed by atoms with Crippen molar-refractivity contribution in [1.82, 2.24) is 0 Å². The van der Waals surface area contributed by atoms with E-state index in [4.69, 9.17) is 0 Å². The molecule has 0 aliphatic rings. The van der Waals surface area contributed by atoms with Gasteiger partial charge in [-0.2, -0.15) is 0 Å². The molecule has 1 aromatic rings. The molecule has 1 nitrogen and oxygen atoms in total. The Hall–Kier alpha value is -1.09. The first kappa shape index (κ1) is 9.99. The number of rotatable bonds is 3. The van der Waals surface area contributed by atoms with Crippen molar-refractivity contribution < 1.29 is 4.39 Å². The van der Waals surface area contributed by atoms with E-state index in [0.717, 1.165) is 10.5 Å². The van der Waals surface area contributed by atoms with E-state index >= 15 is 0 Å². The van der Waals surface area contributed by atoms with Crippen LogP contribution in [0, 0.1) is 5.82 Å². The molecule has 1 rings (SSSR count). The van der Waals surface area contributed by atoms with E-state index in [2.05, 4.69) is 11.7 Å². The minimum Gasteiger partial charge on any atom is -0.271 e. The summed E-state index contributed by atoms with van der Waals surface area (Å²) in [6.45, 7) is 3.38. The van der Waals surface area contributed by atoms with Crippen LogP contribution in [0.3, 0.4) is 0 Å². The maximum Gasteiger partial charge on any atom is 0.123 e. The predicted octanol–water partition coefficient (Wildman–Crippen LogP) is 3.19. The van der Waals surface area contributed by atoms with Gasteiger partial charge in [-0.05, 0) is 30.7 Å². The van der Waals surface area contributed by atoms with Gasteiger partial charge in [-0.25, -0.2) is 4.39 Å². The fourth-order valence-corrected chi connectivity index (χ4v) is 1.49. The second kappa shape index (κ2) is 4.82. The zero-order valence-electron chi connectivity index (χ0n) is 7.33. The lowest BCUT2D eigenvalue weighted by Gasteiger charge is -2.01. The van der Waals surface area contributed by atoms with Crippen LogP contribution in [0.25, 0.3) is 4.91 Å². The van der Waals surface area contributed by atoms with Crippen molar-refractivity contribution >= 4 is 23.4 Å². The first-order valence-electron chi connectivity index (χ1n) is 3.74. The van der Waals surface area contributed by atoms with Gasteiger partial charge in [0.05, 0.1) is 0 Å². The van der Waals surface area contributed by atoms with Crippen LogP contribution < -0.4 is 0 Å². The summed E-state index contributed by atoms with van der Waals surface area (Å²) < 4.78 is 12.6. The van der Waals surface area contributed by atoms with Crippen LogP contribution in [0.5, 0.6) is 0 Å². The van der Waals surface area contributed by atoms with Gasteiger partial charge in [0.15, 0.2) is 0 Å². The van der Waals surface area contributed by atoms with Crippen LogP contribution in [0.4, 0.5) is 4.39 Å². The third-order valence-corrected chi connectivity index (χ3v) is 2.34. The molecule has 1 aromatic carbocycles. The molecule has 0 heterocycles. The first-order chi connectivity index (χ1) is 6.27. The zero-order valence-corrected chi connectivity index (χ0v) is 8.14. The molecule has 0 spiro atoms. The van der Waals surface area contributed by atoms with Crippen molar-refractivity contribution in [2.75, 3.05) is 6.26 Å². The van der Waals surface area contributed by atoms with Crippen molar-refractivity contribution in [3.63, 3.8) is 0 Å². The molecule has 0 saturated carbocycles. The minimum atomic E-state index is -0.226. The van der Waals surface area contributed by atoms with Crippen LogP contribution >= 0.6 is 11.8 Å². The van der Waals surface area contributed by atoms with Crippen molar-refractivity contribution in [3.05, 3.63) is 41.8 Å². The van der Waals surface area contributed by atoms with Crippen molar-refractivity contribution in [2.24, 2.45) is 4.99 Å². The topological polar surface area (TPSA) is 12.4 Å². The number of thioether (sulfide) groups is 1. The summed E-state index contributed by atoms with van der Waals surface area (Å²) in [7, 11) is 0. The number of aliphatic imine (C=N–C) groups is 1. The van der Waals surface area contributed by atoms with Crippen molar-refractivity contribution in [2.45, 2.75) is 0 Å². The Morgan fingerprint density at radius 1 is 1.46 bits per heavy atom. The van der Waals surface area contributed by atoms with E-state index in [0.29, 0.717) is 0 Å². The van der Waals surface area contributed by atoms with Gasteiger partial charge in [0, 0.05) is 11.1 Å². The number of hydrogen-bond acceptors (Lipinski definition) is 2. The Morgan fingerprint density at radius 2 is 2.08 bits per heavy atom. The highest BCUT2D eigenvalue weighted by atomic mass is 32.2. The maximum absolute atomic E-state index is 12.6. The van der Waals surface area contributed by atoms with Gasteiger partial charge in [-0.1, -0.05) is 12.1 Å². The number of hydrogen-bond donors (Lipinski definition) is 0. The average molecular weight is 195 g/mol. The average Bonchev–Trinajstić information content (AvgIpc) is 2.16. The molecular formula is C10H10FNS. The Bertz CT molecular complexity index is 316. The Kier molecular flexibility index (Phi) is 3.71. The lowest BCUT2D eigenvalue weighted by atomic mass is 10.2. The lowest BCUT2D eigenvalue weighted by molar-refractivity contribution is 0.627. The van der Waals surface area contributed by atoms with Crippen molar-refractivity contribution in [1.29, 1.82) is 0 Å². The summed E-state index contributed by atoms with van der Waals surface area (Å²) in [5.74, 6) is -0.226. The summed E-state index contributed by atoms with van der Waals surface area (Å²) in [5, 5.41) is 0. The molecule has 0 aliphatic carbocycles. The molecule has 0 saturated heterocycles. The van der Waals surface area contributed by atoms with Crippen LogP contribution in [0.15, 0.2) is 35.5 Å². The molecule has 68 valence electrons. The van der Waals surface area contributed by atoms with Gasteiger partial charge < -0.3 is 0 Å². The smallest absolute Gasteiger partial charge is 0.123 e. The van der Waals surface area contributed by atoms with Crippen LogP contribution in [0.2, 0.25) is 0 Å². The summed E-state index contributed by atoms with van der Waals surface area (Å²) in [5.41, 5.74) is 0.960. The number of nitrogens with zero attached hydrogens (tertiary/aromatic N) is 1. The summed E-state index contributed by atoms with van der Waals surface area (Å²) >= 11 is 1.56. The normalized spacial score (nSPS) is 11.4. The molecule has 0 N–H and O–H groups in total. The molecule has 0 unspecified atom stereocenters. The Balaban J connectivity index is 2.99. The molecule has 3 heteroatoms. The van der Waals surface area contributed by atoms with Gasteiger partial charge in [-0.3, -0.25) is 4.99 Å². The molecule has 0 amide bonds. The van der Waals surface area contributed by atoms with Crippen LogP contribution in [-0.2, 0) is 0 Å². The van der Waals surface area contributed by atoms with Gasteiger partial charge in [0.2, 0.25) is 0 Å². The fraction of sp³-hybridized carbons (Fsp3) is 0.100. The molecule has 0 atom stereocenters. The van der Waals surface area contributed by atoms with E-state index in [1.165, 1.54) is 12.1 Å². The second-order valence-corrected chi connectivity index (χ2v) is 3.24. The van der Waals surface area contributed by atoms with Crippen molar-refractivity contribution in [3.8, 4) is 0 Å². The van der Waals surface area contributed by atoms with Gasteiger partial charge >= 0.3 is 0 Å². The van der Waals surface area contributed by atoms with Crippen LogP contribution in [-0.4, -0.2) is 13.0 Å². The van der Waals surface area contributed by atoms with E-state index in [1.54, 1.807) is 30.1 Å². The number of halogens is 1. The molecule has 13 heavy (non-hydrogen) atoms. The number of benzene rings is 1. The summed E-state index contributed by atoms with van der Waals surface area (Å²) in [4.78, 5) is 4.66. The molecule has 0 bridgehead atoms. The maximum atomic E-state index is 12.6. The summed E-state index contributed by atoms with van der Waals surface area (Å²) in [6.07, 6.45) is 3.61. The summed E-state index contributed by atoms with van der Waals surface area (Å²) in [6, 6.07) is 6.32. The molecule has 0 aliphatic heterocycles. The monoisotopic (exact) mass is 195 g/mol. The third-order valence-electron chi connectivity index (χ3n) is 1.56. The highest BCUT2D eigenvalue weighted by molar-refractivity contribution is 8.07. The Morgan fingerprint density at radius 3 is 2.54 bits per heavy atom. The van der Waals surface area contributed by atoms with E-state index < -0.39 is 0 Å². The Labute approximate surface area is 81.4 Å². The predicted molar refractivity (Wildman–Crippen MR) is 57.4 cm³/mol. The third kappa shape index (κ3) is 2.70. The van der Waals surface area contributed by atoms with Crippen LogP contribution in [0.1, 0.15) is 5.56 Å². The minimum absolute atomic E-state index is 0.226. The van der Waals surface area contributed by atoms with E-state index in [9.17, 15) is 4.39 Å². The first-order valence-corrected chi connectivity index (χ1v) is 4.96. The van der Waals surface area contributed by atoms with Gasteiger partial charge in [0.25, 0.3) is 0 Å². The highest BCUT2D eigenvalue weighted by Crippen LogP contribution is 2.24. The largest absolute Gasteiger partial charge is 0.271 e. The molecule has 0 fully saturated rings. The molecule has 0 radical (unpaired) electrons. The highest BCUT2D eigenvalue weighted by Gasteiger charge is 1.98. The lowest BCUT2D eigenvalue weighted by Crippen LogP contribution is -1.80. The van der Waals surface area contributed by atoms with E-state index in [-0.39, 0.29) is 5.82 Å². The van der Waals surface area contributed by atoms with E-state index in [1.807, 2.05) is 6.26 Å². The fourth-order valence-electron chi connectivity index (χ4n) is 0.942. The quantitative estimate of drug-likeness (QED) is 0.675. The second-order valence-electron chi connectivity index (χ2n) is 2.39. The van der Waals surface area contributed by atoms with Gasteiger partial charge in [-0.15, -0.1) is 11.8 Å². The zero-order chi connectivity index (χ0) is 9.68. The van der Waals surface area contributed by atoms with Gasteiger partial charge in [0.1, 0.15) is 5.82 Å². The SMILES string of the molecule is C=N/C=C(\SC)c1ccc(F)cc1. The molecular weight excluding hydrogens is 185 g/mol.